The molecule has 0 heterocycles. The molecule has 0 spiro atoms. The Morgan fingerprint density at radius 3 is 2.12 bits per heavy atom. The minimum absolute atomic E-state index is 0. The third-order valence-corrected chi connectivity index (χ3v) is 4.87. The first-order valence-electron chi connectivity index (χ1n) is 9.65. The Balaban J connectivity index is 0.00000576. The normalized spacial score (nSPS) is 20.2. The van der Waals surface area contributed by atoms with Crippen molar-refractivity contribution in [2.75, 3.05) is 6.61 Å². The Morgan fingerprint density at radius 2 is 1.52 bits per heavy atom. The number of hydrogen-bond acceptors (Lipinski definition) is 4. The Bertz CT molecular complexity index is 395. The van der Waals surface area contributed by atoms with Crippen LogP contribution >= 0.6 is 0 Å². The number of unbranched alkanes of at least 4 members (excludes halogenated alkanes) is 7. The van der Waals surface area contributed by atoms with Crippen LogP contribution < -0.4 is 34.7 Å². The zero-order chi connectivity index (χ0) is 17.6. The maximum Gasteiger partial charge on any atom is 1.00 e. The number of carbonyl (C=O) groups is 2. The van der Waals surface area contributed by atoms with Gasteiger partial charge in [0.05, 0.1) is 12.5 Å². The molecule has 0 bridgehead atoms. The topological polar surface area (TPSA) is 66.4 Å². The van der Waals surface area contributed by atoms with Crippen LogP contribution in [0.2, 0.25) is 0 Å². The van der Waals surface area contributed by atoms with Crippen LogP contribution in [0.15, 0.2) is 12.2 Å². The third kappa shape index (κ3) is 11.1. The average molecular weight is 360 g/mol. The molecule has 0 aromatic carbocycles. The van der Waals surface area contributed by atoms with Crippen LogP contribution in [-0.4, -0.2) is 18.5 Å². The molecular formula is C20H33NaO4. The van der Waals surface area contributed by atoms with Gasteiger partial charge in [-0.1, -0.05) is 57.1 Å². The summed E-state index contributed by atoms with van der Waals surface area (Å²) in [5, 5.41) is 11.1. The number of carboxylic acids is 1. The fourth-order valence-corrected chi connectivity index (χ4v) is 3.39. The number of esters is 1. The molecule has 1 aliphatic rings. The van der Waals surface area contributed by atoms with Gasteiger partial charge in [-0.25, -0.2) is 0 Å². The summed E-state index contributed by atoms with van der Waals surface area (Å²) < 4.78 is 5.30. The molecule has 4 nitrogen and oxygen atoms in total. The summed E-state index contributed by atoms with van der Waals surface area (Å²) in [5.41, 5.74) is 0. The maximum absolute atomic E-state index is 12.1. The van der Waals surface area contributed by atoms with Gasteiger partial charge in [0.25, 0.3) is 0 Å². The summed E-state index contributed by atoms with van der Waals surface area (Å²) >= 11 is 0. The Hall–Kier alpha value is -0.320. The molecule has 0 amide bonds. The van der Waals surface area contributed by atoms with Crippen molar-refractivity contribution in [3.63, 3.8) is 0 Å². The van der Waals surface area contributed by atoms with Gasteiger partial charge in [0, 0.05) is 11.9 Å². The van der Waals surface area contributed by atoms with Gasteiger partial charge in [-0.2, -0.15) is 0 Å². The van der Waals surface area contributed by atoms with Crippen molar-refractivity contribution in [1.82, 2.24) is 0 Å². The fourth-order valence-electron chi connectivity index (χ4n) is 3.39. The molecule has 0 aliphatic heterocycles. The van der Waals surface area contributed by atoms with Crippen molar-refractivity contribution >= 4 is 11.9 Å². The second kappa shape index (κ2) is 15.9. The molecule has 2 atom stereocenters. The van der Waals surface area contributed by atoms with Crippen LogP contribution in [0.3, 0.4) is 0 Å². The maximum atomic E-state index is 12.1. The molecule has 2 unspecified atom stereocenters. The first kappa shape index (κ1) is 24.7. The van der Waals surface area contributed by atoms with E-state index in [0.29, 0.717) is 19.4 Å². The quantitative estimate of drug-likeness (QED) is 0.223. The zero-order valence-corrected chi connectivity index (χ0v) is 18.1. The second-order valence-electron chi connectivity index (χ2n) is 6.82. The number of carboxylic acid groups (broad SMARTS) is 1. The van der Waals surface area contributed by atoms with Crippen molar-refractivity contribution in [3.05, 3.63) is 12.2 Å². The monoisotopic (exact) mass is 360 g/mol. The van der Waals surface area contributed by atoms with E-state index in [9.17, 15) is 14.7 Å². The molecule has 1 saturated carbocycles. The molecule has 138 valence electrons. The summed E-state index contributed by atoms with van der Waals surface area (Å²) in [6.45, 7) is 2.47. The van der Waals surface area contributed by atoms with E-state index in [1.54, 1.807) is 0 Å². The van der Waals surface area contributed by atoms with Gasteiger partial charge in [0.15, 0.2) is 0 Å². The van der Waals surface area contributed by atoms with Crippen LogP contribution in [-0.2, 0) is 14.3 Å². The molecule has 1 fully saturated rings. The van der Waals surface area contributed by atoms with Gasteiger partial charge in [-0.3, -0.25) is 4.79 Å². The predicted molar refractivity (Wildman–Crippen MR) is 93.2 cm³/mol. The van der Waals surface area contributed by atoms with Crippen molar-refractivity contribution in [2.24, 2.45) is 11.8 Å². The average Bonchev–Trinajstić information content (AvgIpc) is 2.59. The number of allylic oxidation sites excluding steroid dienone is 2. The Labute approximate surface area is 175 Å². The summed E-state index contributed by atoms with van der Waals surface area (Å²) in [4.78, 5) is 23.2. The van der Waals surface area contributed by atoms with E-state index in [-0.39, 0.29) is 35.5 Å². The molecule has 0 aromatic heterocycles. The summed E-state index contributed by atoms with van der Waals surface area (Å²) in [7, 11) is 0. The number of carbonyl (C=O) groups excluding carboxylic acids is 2. The SMILES string of the molecule is C/C=C/CCCCCCCCCOC(=O)C1CCCCC1C(=O)[O-].[Na+]. The van der Waals surface area contributed by atoms with Crippen LogP contribution in [0.1, 0.15) is 84.0 Å². The smallest absolute Gasteiger partial charge is 0.550 e. The molecular weight excluding hydrogens is 327 g/mol. The Kier molecular flexibility index (Phi) is 15.7. The van der Waals surface area contributed by atoms with E-state index in [1.165, 1.54) is 38.5 Å². The Morgan fingerprint density at radius 1 is 0.960 bits per heavy atom. The van der Waals surface area contributed by atoms with Gasteiger partial charge in [0.1, 0.15) is 0 Å². The van der Waals surface area contributed by atoms with E-state index in [0.717, 1.165) is 25.7 Å². The number of rotatable bonds is 12. The van der Waals surface area contributed by atoms with E-state index in [1.807, 2.05) is 0 Å². The van der Waals surface area contributed by atoms with E-state index < -0.39 is 17.8 Å². The molecule has 1 aliphatic carbocycles. The van der Waals surface area contributed by atoms with Crippen molar-refractivity contribution in [1.29, 1.82) is 0 Å². The molecule has 5 heteroatoms. The largest absolute Gasteiger partial charge is 1.00 e. The predicted octanol–water partition coefficient (Wildman–Crippen LogP) is 0.787. The molecule has 0 radical (unpaired) electrons. The van der Waals surface area contributed by atoms with Crippen LogP contribution in [0.4, 0.5) is 0 Å². The van der Waals surface area contributed by atoms with E-state index in [2.05, 4.69) is 19.1 Å². The van der Waals surface area contributed by atoms with E-state index in [4.69, 9.17) is 4.74 Å². The molecule has 1 rings (SSSR count). The fraction of sp³-hybridized carbons (Fsp3) is 0.800. The third-order valence-electron chi connectivity index (χ3n) is 4.87. The van der Waals surface area contributed by atoms with Crippen molar-refractivity contribution in [2.45, 2.75) is 84.0 Å². The van der Waals surface area contributed by atoms with Gasteiger partial charge >= 0.3 is 35.5 Å². The second-order valence-corrected chi connectivity index (χ2v) is 6.82. The van der Waals surface area contributed by atoms with Crippen molar-refractivity contribution in [3.8, 4) is 0 Å². The number of ether oxygens (including phenoxy) is 1. The van der Waals surface area contributed by atoms with Gasteiger partial charge in [-0.15, -0.1) is 0 Å². The minimum atomic E-state index is -1.11. The van der Waals surface area contributed by atoms with Gasteiger partial charge in [-0.05, 0) is 39.0 Å². The number of hydrogen-bond donors (Lipinski definition) is 0. The standard InChI is InChI=1S/C20H34O4.Na/c1-2-3-4-5-6-7-8-9-10-13-16-24-20(23)18-15-12-11-14-17(18)19(21)22;/h2-3,17-18H,4-16H2,1H3,(H,21,22);/q;+1/p-1/b3-2+;. The summed E-state index contributed by atoms with van der Waals surface area (Å²) in [6, 6.07) is 0. The van der Waals surface area contributed by atoms with Crippen LogP contribution in [0.25, 0.3) is 0 Å². The first-order chi connectivity index (χ1) is 11.7. The molecule has 0 aromatic rings. The summed E-state index contributed by atoms with van der Waals surface area (Å²) in [5.74, 6) is -2.60. The first-order valence-corrected chi connectivity index (χ1v) is 9.65. The van der Waals surface area contributed by atoms with Crippen LogP contribution in [0.5, 0.6) is 0 Å². The summed E-state index contributed by atoms with van der Waals surface area (Å²) in [6.07, 6.45) is 16.6. The molecule has 0 N–H and O–H groups in total. The van der Waals surface area contributed by atoms with Crippen molar-refractivity contribution < 1.29 is 49.0 Å². The van der Waals surface area contributed by atoms with Gasteiger partial charge < -0.3 is 14.6 Å². The van der Waals surface area contributed by atoms with Crippen LogP contribution in [0, 0.1) is 11.8 Å². The molecule has 25 heavy (non-hydrogen) atoms. The molecule has 0 saturated heterocycles. The minimum Gasteiger partial charge on any atom is -0.550 e. The number of aliphatic carboxylic acids is 1. The zero-order valence-electron chi connectivity index (χ0n) is 16.1. The van der Waals surface area contributed by atoms with Gasteiger partial charge in [0.2, 0.25) is 0 Å². The van der Waals surface area contributed by atoms with E-state index >= 15 is 0 Å².